The van der Waals surface area contributed by atoms with Crippen molar-refractivity contribution in [3.05, 3.63) is 35.4 Å². The summed E-state index contributed by atoms with van der Waals surface area (Å²) in [5.74, 6) is -0.628. The number of carbonyl (C=O) groups excluding carboxylic acids is 1. The minimum atomic E-state index is -0.755. The lowest BCUT2D eigenvalue weighted by Gasteiger charge is -2.36. The van der Waals surface area contributed by atoms with E-state index in [2.05, 4.69) is 24.3 Å². The van der Waals surface area contributed by atoms with Gasteiger partial charge in [0.05, 0.1) is 5.41 Å². The topological polar surface area (TPSA) is 57.6 Å². The number of carboxylic acid groups (broad SMARTS) is 1. The zero-order valence-corrected chi connectivity index (χ0v) is 12.8. The third kappa shape index (κ3) is 3.84. The van der Waals surface area contributed by atoms with Gasteiger partial charge in [-0.25, -0.2) is 0 Å². The molecule has 0 aromatic heterocycles. The van der Waals surface area contributed by atoms with Crippen molar-refractivity contribution < 1.29 is 14.7 Å². The van der Waals surface area contributed by atoms with Crippen molar-refractivity contribution >= 4 is 11.9 Å². The molecule has 1 aromatic rings. The Kier molecular flexibility index (Phi) is 4.66. The van der Waals surface area contributed by atoms with Gasteiger partial charge in [0.25, 0.3) is 0 Å². The molecule has 0 atom stereocenters. The summed E-state index contributed by atoms with van der Waals surface area (Å²) in [5.41, 5.74) is 1.71. The minimum absolute atomic E-state index is 0.128. The Morgan fingerprint density at radius 2 is 1.76 bits per heavy atom. The molecule has 1 fully saturated rings. The van der Waals surface area contributed by atoms with Crippen molar-refractivity contribution in [2.45, 2.75) is 39.5 Å². The number of aliphatic carboxylic acids is 1. The van der Waals surface area contributed by atoms with Gasteiger partial charge in [-0.1, -0.05) is 29.8 Å². The Bertz CT molecular complexity index is 513. The first-order valence-corrected chi connectivity index (χ1v) is 7.47. The van der Waals surface area contributed by atoms with Crippen LogP contribution in [0.25, 0.3) is 0 Å². The number of piperidine rings is 1. The van der Waals surface area contributed by atoms with E-state index in [1.807, 2.05) is 6.92 Å². The highest BCUT2D eigenvalue weighted by atomic mass is 16.4. The fraction of sp³-hybridized carbons (Fsp3) is 0.529. The molecule has 1 heterocycles. The van der Waals surface area contributed by atoms with Gasteiger partial charge in [-0.15, -0.1) is 0 Å². The molecule has 114 valence electrons. The number of likely N-dealkylation sites (tertiary alicyclic amines) is 1. The molecule has 1 amide bonds. The van der Waals surface area contributed by atoms with E-state index in [1.165, 1.54) is 11.1 Å². The molecule has 0 radical (unpaired) electrons. The van der Waals surface area contributed by atoms with Gasteiger partial charge in [-0.2, -0.15) is 0 Å². The number of aryl methyl sites for hydroxylation is 2. The summed E-state index contributed by atoms with van der Waals surface area (Å²) in [5, 5.41) is 9.19. The van der Waals surface area contributed by atoms with Crippen molar-refractivity contribution in [1.82, 2.24) is 4.90 Å². The molecule has 1 aromatic carbocycles. The van der Waals surface area contributed by atoms with E-state index in [0.29, 0.717) is 32.4 Å². The lowest BCUT2D eigenvalue weighted by Crippen LogP contribution is -2.45. The van der Waals surface area contributed by atoms with E-state index in [-0.39, 0.29) is 5.91 Å². The maximum atomic E-state index is 12.2. The molecule has 0 saturated carbocycles. The fourth-order valence-electron chi connectivity index (χ4n) is 2.63. The summed E-state index contributed by atoms with van der Waals surface area (Å²) < 4.78 is 0. The third-order valence-corrected chi connectivity index (χ3v) is 4.48. The molecule has 0 bridgehead atoms. The average Bonchev–Trinajstić information content (AvgIpc) is 2.47. The van der Waals surface area contributed by atoms with Gasteiger partial charge in [0, 0.05) is 19.5 Å². The monoisotopic (exact) mass is 289 g/mol. The normalized spacial score (nSPS) is 17.5. The standard InChI is InChI=1S/C17H23NO3/c1-13-3-5-14(6-4-13)7-8-15(19)18-11-9-17(2,10-12-18)16(20)21/h3-6H,7-12H2,1-2H3,(H,20,21). The maximum Gasteiger partial charge on any atom is 0.309 e. The average molecular weight is 289 g/mol. The molecule has 1 N–H and O–H groups in total. The predicted molar refractivity (Wildman–Crippen MR) is 81.1 cm³/mol. The Labute approximate surface area is 125 Å². The molecule has 0 spiro atoms. The molecule has 0 aliphatic carbocycles. The summed E-state index contributed by atoms with van der Waals surface area (Å²) in [6.45, 7) is 4.91. The highest BCUT2D eigenvalue weighted by molar-refractivity contribution is 5.78. The first-order valence-electron chi connectivity index (χ1n) is 7.47. The Balaban J connectivity index is 1.82. The van der Waals surface area contributed by atoms with Crippen LogP contribution in [-0.2, 0) is 16.0 Å². The molecule has 21 heavy (non-hydrogen) atoms. The van der Waals surface area contributed by atoms with Crippen LogP contribution >= 0.6 is 0 Å². The van der Waals surface area contributed by atoms with Crippen LogP contribution < -0.4 is 0 Å². The van der Waals surface area contributed by atoms with Crippen molar-refractivity contribution in [3.8, 4) is 0 Å². The van der Waals surface area contributed by atoms with Crippen LogP contribution in [-0.4, -0.2) is 35.0 Å². The number of rotatable bonds is 4. The number of carbonyl (C=O) groups is 2. The summed E-state index contributed by atoms with van der Waals surface area (Å²) in [4.78, 5) is 25.2. The van der Waals surface area contributed by atoms with Crippen LogP contribution in [0.15, 0.2) is 24.3 Å². The van der Waals surface area contributed by atoms with E-state index >= 15 is 0 Å². The molecule has 4 heteroatoms. The number of carboxylic acids is 1. The maximum absolute atomic E-state index is 12.2. The first-order chi connectivity index (χ1) is 9.90. The Morgan fingerprint density at radius 1 is 1.19 bits per heavy atom. The summed E-state index contributed by atoms with van der Waals surface area (Å²) in [6.07, 6.45) is 2.32. The van der Waals surface area contributed by atoms with Crippen molar-refractivity contribution in [2.24, 2.45) is 5.41 Å². The molecule has 1 saturated heterocycles. The number of hydrogen-bond acceptors (Lipinski definition) is 2. The second kappa shape index (κ2) is 6.29. The van der Waals surface area contributed by atoms with E-state index in [0.717, 1.165) is 6.42 Å². The van der Waals surface area contributed by atoms with Gasteiger partial charge in [0.15, 0.2) is 0 Å². The van der Waals surface area contributed by atoms with Crippen LogP contribution in [0, 0.1) is 12.3 Å². The van der Waals surface area contributed by atoms with Crippen molar-refractivity contribution in [2.75, 3.05) is 13.1 Å². The van der Waals surface area contributed by atoms with Crippen LogP contribution in [0.4, 0.5) is 0 Å². The smallest absolute Gasteiger partial charge is 0.309 e. The zero-order chi connectivity index (χ0) is 15.5. The highest BCUT2D eigenvalue weighted by Gasteiger charge is 2.37. The largest absolute Gasteiger partial charge is 0.481 e. The number of nitrogens with zero attached hydrogens (tertiary/aromatic N) is 1. The van der Waals surface area contributed by atoms with Gasteiger partial charge >= 0.3 is 5.97 Å². The van der Waals surface area contributed by atoms with Crippen LogP contribution in [0.5, 0.6) is 0 Å². The second-order valence-corrected chi connectivity index (χ2v) is 6.23. The lowest BCUT2D eigenvalue weighted by atomic mass is 9.80. The van der Waals surface area contributed by atoms with Gasteiger partial charge in [0.2, 0.25) is 5.91 Å². The molecule has 2 rings (SSSR count). The lowest BCUT2D eigenvalue weighted by molar-refractivity contribution is -0.153. The molecule has 0 unspecified atom stereocenters. The predicted octanol–water partition coefficient (Wildman–Crippen LogP) is 2.64. The molecular weight excluding hydrogens is 266 g/mol. The summed E-state index contributed by atoms with van der Waals surface area (Å²) >= 11 is 0. The molecular formula is C17H23NO3. The molecule has 4 nitrogen and oxygen atoms in total. The van der Waals surface area contributed by atoms with Crippen LogP contribution in [0.1, 0.15) is 37.3 Å². The third-order valence-electron chi connectivity index (χ3n) is 4.48. The summed E-state index contributed by atoms with van der Waals surface area (Å²) in [6, 6.07) is 8.22. The van der Waals surface area contributed by atoms with Gasteiger partial charge in [0.1, 0.15) is 0 Å². The van der Waals surface area contributed by atoms with Crippen molar-refractivity contribution in [1.29, 1.82) is 0 Å². The molecule has 1 aliphatic heterocycles. The van der Waals surface area contributed by atoms with E-state index in [1.54, 1.807) is 11.8 Å². The van der Waals surface area contributed by atoms with Gasteiger partial charge in [-0.3, -0.25) is 9.59 Å². The molecule has 1 aliphatic rings. The fourth-order valence-corrected chi connectivity index (χ4v) is 2.63. The number of amides is 1. The number of hydrogen-bond donors (Lipinski definition) is 1. The van der Waals surface area contributed by atoms with Crippen LogP contribution in [0.3, 0.4) is 0 Å². The van der Waals surface area contributed by atoms with E-state index in [9.17, 15) is 14.7 Å². The van der Waals surface area contributed by atoms with Gasteiger partial charge in [-0.05, 0) is 38.7 Å². The Hall–Kier alpha value is -1.84. The van der Waals surface area contributed by atoms with Crippen molar-refractivity contribution in [3.63, 3.8) is 0 Å². The Morgan fingerprint density at radius 3 is 2.29 bits per heavy atom. The highest BCUT2D eigenvalue weighted by Crippen LogP contribution is 2.31. The quantitative estimate of drug-likeness (QED) is 0.927. The van der Waals surface area contributed by atoms with Crippen LogP contribution in [0.2, 0.25) is 0 Å². The van der Waals surface area contributed by atoms with E-state index < -0.39 is 11.4 Å². The van der Waals surface area contributed by atoms with Gasteiger partial charge < -0.3 is 10.0 Å². The first kappa shape index (κ1) is 15.5. The summed E-state index contributed by atoms with van der Waals surface area (Å²) in [7, 11) is 0. The second-order valence-electron chi connectivity index (χ2n) is 6.23. The minimum Gasteiger partial charge on any atom is -0.481 e. The SMILES string of the molecule is Cc1ccc(CCC(=O)N2CCC(C)(C(=O)O)CC2)cc1. The number of benzene rings is 1. The zero-order valence-electron chi connectivity index (χ0n) is 12.8. The van der Waals surface area contributed by atoms with E-state index in [4.69, 9.17) is 0 Å².